The Labute approximate surface area is 114 Å². The minimum Gasteiger partial charge on any atom is -0.508 e. The maximum absolute atomic E-state index is 9.58. The molecule has 2 aromatic carbocycles. The number of phenols is 2. The third-order valence-electron chi connectivity index (χ3n) is 3.57. The quantitative estimate of drug-likeness (QED) is 0.867. The second kappa shape index (κ2) is 5.35. The van der Waals surface area contributed by atoms with Gasteiger partial charge in [-0.05, 0) is 41.5 Å². The van der Waals surface area contributed by atoms with Crippen LogP contribution in [0.4, 0.5) is 0 Å². The summed E-state index contributed by atoms with van der Waals surface area (Å²) in [4.78, 5) is 0. The minimum absolute atomic E-state index is 0.0912. The lowest BCUT2D eigenvalue weighted by atomic mass is 9.79. The van der Waals surface area contributed by atoms with Crippen LogP contribution in [0.5, 0.6) is 11.5 Å². The van der Waals surface area contributed by atoms with Gasteiger partial charge in [0.25, 0.3) is 0 Å². The lowest BCUT2D eigenvalue weighted by Crippen LogP contribution is -2.18. The summed E-state index contributed by atoms with van der Waals surface area (Å²) < 4.78 is 0. The zero-order valence-corrected chi connectivity index (χ0v) is 11.4. The minimum atomic E-state index is -0.0912. The zero-order valence-electron chi connectivity index (χ0n) is 11.4. The molecule has 0 saturated carbocycles. The van der Waals surface area contributed by atoms with Crippen molar-refractivity contribution in [1.82, 2.24) is 0 Å². The topological polar surface area (TPSA) is 40.5 Å². The molecule has 2 N–H and O–H groups in total. The van der Waals surface area contributed by atoms with Gasteiger partial charge in [0.1, 0.15) is 11.5 Å². The maximum atomic E-state index is 9.58. The predicted octanol–water partition coefficient (Wildman–Crippen LogP) is 4.01. The lowest BCUT2D eigenvalue weighted by Gasteiger charge is -2.25. The van der Waals surface area contributed by atoms with Crippen molar-refractivity contribution in [3.63, 3.8) is 0 Å². The van der Waals surface area contributed by atoms with Gasteiger partial charge in [0.2, 0.25) is 0 Å². The third-order valence-corrected chi connectivity index (χ3v) is 3.57. The van der Waals surface area contributed by atoms with Crippen LogP contribution in [0.2, 0.25) is 0 Å². The molecule has 0 fully saturated rings. The van der Waals surface area contributed by atoms with Gasteiger partial charge in [0.15, 0.2) is 0 Å². The normalized spacial score (nSPS) is 11.5. The van der Waals surface area contributed by atoms with E-state index in [9.17, 15) is 10.2 Å². The van der Waals surface area contributed by atoms with Gasteiger partial charge in [-0.15, -0.1) is 0 Å². The van der Waals surface area contributed by atoms with E-state index in [1.807, 2.05) is 18.2 Å². The number of rotatable bonds is 4. The van der Waals surface area contributed by atoms with Gasteiger partial charge in [-0.2, -0.15) is 0 Å². The van der Waals surface area contributed by atoms with Gasteiger partial charge in [0, 0.05) is 6.07 Å². The Kier molecular flexibility index (Phi) is 3.79. The molecule has 2 nitrogen and oxygen atoms in total. The van der Waals surface area contributed by atoms with Crippen LogP contribution in [0.15, 0.2) is 48.5 Å². The van der Waals surface area contributed by atoms with Crippen molar-refractivity contribution in [2.45, 2.75) is 32.1 Å². The van der Waals surface area contributed by atoms with E-state index in [0.29, 0.717) is 0 Å². The van der Waals surface area contributed by atoms with Gasteiger partial charge in [-0.25, -0.2) is 0 Å². The lowest BCUT2D eigenvalue weighted by molar-refractivity contribution is 0.434. The van der Waals surface area contributed by atoms with E-state index in [0.717, 1.165) is 18.4 Å². The Balaban J connectivity index is 2.13. The van der Waals surface area contributed by atoms with Crippen LogP contribution in [0, 0.1) is 0 Å². The van der Waals surface area contributed by atoms with Crippen molar-refractivity contribution in [2.24, 2.45) is 0 Å². The fourth-order valence-electron chi connectivity index (χ4n) is 2.23. The van der Waals surface area contributed by atoms with Crippen LogP contribution in [-0.2, 0) is 11.8 Å². The smallest absolute Gasteiger partial charge is 0.119 e. The molecule has 0 amide bonds. The van der Waals surface area contributed by atoms with Crippen molar-refractivity contribution in [2.75, 3.05) is 0 Å². The van der Waals surface area contributed by atoms with Crippen LogP contribution in [0.3, 0.4) is 0 Å². The van der Waals surface area contributed by atoms with Crippen molar-refractivity contribution in [3.05, 3.63) is 59.7 Å². The fraction of sp³-hybridized carbons (Fsp3) is 0.294. The van der Waals surface area contributed by atoms with Crippen LogP contribution >= 0.6 is 0 Å². The highest BCUT2D eigenvalue weighted by molar-refractivity contribution is 5.40. The van der Waals surface area contributed by atoms with Crippen LogP contribution < -0.4 is 0 Å². The summed E-state index contributed by atoms with van der Waals surface area (Å²) in [7, 11) is 0. The molecule has 2 rings (SSSR count). The Morgan fingerprint density at radius 2 is 1.47 bits per heavy atom. The number of hydrogen-bond acceptors (Lipinski definition) is 2. The Hall–Kier alpha value is -1.96. The standard InChI is InChI=1S/C17H20O2/c1-17(2,9-8-13-6-4-3-5-7-13)14-10-15(18)12-16(19)11-14/h3-7,10-12,18-19H,8-9H2,1-2H3. The van der Waals surface area contributed by atoms with Crippen molar-refractivity contribution >= 4 is 0 Å². The second-order valence-corrected chi connectivity index (χ2v) is 5.61. The molecule has 0 saturated heterocycles. The number of benzene rings is 2. The molecule has 0 radical (unpaired) electrons. The molecule has 0 aromatic heterocycles. The highest BCUT2D eigenvalue weighted by atomic mass is 16.3. The van der Waals surface area contributed by atoms with E-state index >= 15 is 0 Å². The molecule has 2 heteroatoms. The average molecular weight is 256 g/mol. The molecule has 0 spiro atoms. The summed E-state index contributed by atoms with van der Waals surface area (Å²) in [5.74, 6) is 0.227. The van der Waals surface area contributed by atoms with Crippen LogP contribution in [0.25, 0.3) is 0 Å². The van der Waals surface area contributed by atoms with Gasteiger partial charge in [0.05, 0.1) is 0 Å². The summed E-state index contributed by atoms with van der Waals surface area (Å²) in [6.07, 6.45) is 1.93. The Bertz CT molecular complexity index is 524. The molecule has 19 heavy (non-hydrogen) atoms. The molecule has 0 unspecified atom stereocenters. The summed E-state index contributed by atoms with van der Waals surface area (Å²) in [6.45, 7) is 4.26. The Morgan fingerprint density at radius 1 is 0.895 bits per heavy atom. The SMILES string of the molecule is CC(C)(CCc1ccccc1)c1cc(O)cc(O)c1. The van der Waals surface area contributed by atoms with E-state index in [1.54, 1.807) is 12.1 Å². The molecule has 0 heterocycles. The molecular weight excluding hydrogens is 236 g/mol. The number of hydrogen-bond donors (Lipinski definition) is 2. The molecule has 0 atom stereocenters. The molecule has 0 aliphatic heterocycles. The van der Waals surface area contributed by atoms with E-state index in [4.69, 9.17) is 0 Å². The highest BCUT2D eigenvalue weighted by Crippen LogP contribution is 2.33. The summed E-state index contributed by atoms with van der Waals surface area (Å²) >= 11 is 0. The average Bonchev–Trinajstić information content (AvgIpc) is 2.37. The monoisotopic (exact) mass is 256 g/mol. The molecule has 0 aliphatic carbocycles. The van der Waals surface area contributed by atoms with E-state index in [1.165, 1.54) is 11.6 Å². The van der Waals surface area contributed by atoms with E-state index in [2.05, 4.69) is 26.0 Å². The molecular formula is C17H20O2. The first kappa shape index (κ1) is 13.5. The van der Waals surface area contributed by atoms with E-state index in [-0.39, 0.29) is 16.9 Å². The first-order valence-electron chi connectivity index (χ1n) is 6.55. The Morgan fingerprint density at radius 3 is 2.05 bits per heavy atom. The molecule has 0 bridgehead atoms. The zero-order chi connectivity index (χ0) is 13.9. The van der Waals surface area contributed by atoms with Gasteiger partial charge >= 0.3 is 0 Å². The summed E-state index contributed by atoms with van der Waals surface area (Å²) in [5.41, 5.74) is 2.17. The number of aromatic hydroxyl groups is 2. The largest absolute Gasteiger partial charge is 0.508 e. The first-order chi connectivity index (χ1) is 8.97. The third kappa shape index (κ3) is 3.50. The van der Waals surface area contributed by atoms with Gasteiger partial charge < -0.3 is 10.2 Å². The predicted molar refractivity (Wildman–Crippen MR) is 77.6 cm³/mol. The number of aryl methyl sites for hydroxylation is 1. The molecule has 2 aromatic rings. The van der Waals surface area contributed by atoms with Crippen molar-refractivity contribution < 1.29 is 10.2 Å². The highest BCUT2D eigenvalue weighted by Gasteiger charge is 2.21. The van der Waals surface area contributed by atoms with Crippen molar-refractivity contribution in [3.8, 4) is 11.5 Å². The van der Waals surface area contributed by atoms with Gasteiger partial charge in [-0.1, -0.05) is 44.2 Å². The fourth-order valence-corrected chi connectivity index (χ4v) is 2.23. The maximum Gasteiger partial charge on any atom is 0.119 e. The number of phenolic OH excluding ortho intramolecular Hbond substituents is 2. The summed E-state index contributed by atoms with van der Waals surface area (Å²) in [5, 5.41) is 19.2. The molecule has 0 aliphatic rings. The first-order valence-corrected chi connectivity index (χ1v) is 6.55. The summed E-state index contributed by atoms with van der Waals surface area (Å²) in [6, 6.07) is 15.2. The van der Waals surface area contributed by atoms with Crippen molar-refractivity contribution in [1.29, 1.82) is 0 Å². The van der Waals surface area contributed by atoms with Gasteiger partial charge in [-0.3, -0.25) is 0 Å². The van der Waals surface area contributed by atoms with Crippen LogP contribution in [-0.4, -0.2) is 10.2 Å². The van der Waals surface area contributed by atoms with Crippen LogP contribution in [0.1, 0.15) is 31.4 Å². The second-order valence-electron chi connectivity index (χ2n) is 5.61. The molecule has 100 valence electrons. The van der Waals surface area contributed by atoms with E-state index < -0.39 is 0 Å².